The molecular formula is C23H29N3O5S2. The molecule has 0 aliphatic carbocycles. The Bertz CT molecular complexity index is 1220. The lowest BCUT2D eigenvalue weighted by Crippen LogP contribution is -2.50. The lowest BCUT2D eigenvalue weighted by Gasteiger charge is -2.34. The zero-order valence-electron chi connectivity index (χ0n) is 18.8. The number of carbonyl (C=O) groups is 1. The van der Waals surface area contributed by atoms with E-state index in [1.54, 1.807) is 41.3 Å². The van der Waals surface area contributed by atoms with Crippen molar-refractivity contribution in [1.82, 2.24) is 9.21 Å². The van der Waals surface area contributed by atoms with Crippen LogP contribution in [-0.2, 0) is 20.0 Å². The van der Waals surface area contributed by atoms with Gasteiger partial charge in [-0.3, -0.25) is 9.10 Å². The van der Waals surface area contributed by atoms with Crippen molar-refractivity contribution >= 4 is 31.6 Å². The second-order valence-corrected chi connectivity index (χ2v) is 12.7. The molecule has 0 atom stereocenters. The third-order valence-electron chi connectivity index (χ3n) is 6.21. The highest BCUT2D eigenvalue weighted by Crippen LogP contribution is 2.25. The number of benzene rings is 2. The Morgan fingerprint density at radius 2 is 1.48 bits per heavy atom. The molecule has 1 amide bonds. The molecule has 0 radical (unpaired) electrons. The van der Waals surface area contributed by atoms with Gasteiger partial charge in [0.1, 0.15) is 0 Å². The predicted molar refractivity (Wildman–Crippen MR) is 127 cm³/mol. The number of rotatable bonds is 5. The fourth-order valence-corrected chi connectivity index (χ4v) is 7.17. The van der Waals surface area contributed by atoms with E-state index in [1.807, 2.05) is 12.1 Å². The molecule has 2 heterocycles. The quantitative estimate of drug-likeness (QED) is 0.641. The van der Waals surface area contributed by atoms with Gasteiger partial charge < -0.3 is 4.90 Å². The smallest absolute Gasteiger partial charge is 0.253 e. The normalized spacial score (nSPS) is 19.2. The molecule has 2 saturated heterocycles. The second-order valence-electron chi connectivity index (χ2n) is 8.71. The molecule has 8 nitrogen and oxygen atoms in total. The maximum atomic E-state index is 13.0. The van der Waals surface area contributed by atoms with Crippen LogP contribution in [0.1, 0.15) is 42.1 Å². The summed E-state index contributed by atoms with van der Waals surface area (Å²) in [6.45, 7) is 5.61. The summed E-state index contributed by atoms with van der Waals surface area (Å²) in [5, 5.41) is 0. The van der Waals surface area contributed by atoms with E-state index in [0.29, 0.717) is 43.2 Å². The Kier molecular flexibility index (Phi) is 6.52. The van der Waals surface area contributed by atoms with Gasteiger partial charge in [0, 0.05) is 38.3 Å². The molecule has 2 aliphatic rings. The summed E-state index contributed by atoms with van der Waals surface area (Å²) in [6, 6.07) is 13.5. The SMILES string of the molecule is CC(C)c1ccc(S(=O)(=O)N2CCN(C(=O)c3ccc(N4CCCS4(=O)=O)cc3)CC2)cc1. The summed E-state index contributed by atoms with van der Waals surface area (Å²) in [7, 11) is -6.88. The van der Waals surface area contributed by atoms with Crippen LogP contribution in [-0.4, -0.2) is 70.4 Å². The zero-order valence-corrected chi connectivity index (χ0v) is 20.5. The first-order valence-corrected chi connectivity index (χ1v) is 14.1. The van der Waals surface area contributed by atoms with Gasteiger partial charge in [-0.15, -0.1) is 0 Å². The van der Waals surface area contributed by atoms with Gasteiger partial charge in [0.25, 0.3) is 5.91 Å². The first-order valence-electron chi connectivity index (χ1n) is 11.1. The number of hydrogen-bond acceptors (Lipinski definition) is 5. The van der Waals surface area contributed by atoms with Gasteiger partial charge in [-0.2, -0.15) is 4.31 Å². The van der Waals surface area contributed by atoms with Crippen LogP contribution in [0.4, 0.5) is 5.69 Å². The van der Waals surface area contributed by atoms with Crippen molar-refractivity contribution in [2.45, 2.75) is 31.1 Å². The van der Waals surface area contributed by atoms with Crippen LogP contribution < -0.4 is 4.31 Å². The Balaban J connectivity index is 1.39. The molecular weight excluding hydrogens is 462 g/mol. The summed E-state index contributed by atoms with van der Waals surface area (Å²) in [6.07, 6.45) is 0.595. The number of anilines is 1. The van der Waals surface area contributed by atoms with Crippen molar-refractivity contribution < 1.29 is 21.6 Å². The van der Waals surface area contributed by atoms with Crippen LogP contribution in [0.2, 0.25) is 0 Å². The summed E-state index contributed by atoms with van der Waals surface area (Å²) in [5.74, 6) is 0.275. The molecule has 4 rings (SSSR count). The van der Waals surface area contributed by atoms with Crippen LogP contribution in [0.3, 0.4) is 0 Å². The van der Waals surface area contributed by atoms with E-state index in [4.69, 9.17) is 0 Å². The first-order chi connectivity index (χ1) is 15.6. The van der Waals surface area contributed by atoms with Crippen LogP contribution in [0.5, 0.6) is 0 Å². The molecule has 0 aromatic heterocycles. The number of sulfonamides is 2. The lowest BCUT2D eigenvalue weighted by molar-refractivity contribution is 0.0698. The van der Waals surface area contributed by atoms with Crippen molar-refractivity contribution in [2.75, 3.05) is 42.8 Å². The lowest BCUT2D eigenvalue weighted by atomic mass is 10.0. The Hall–Kier alpha value is -2.43. The van der Waals surface area contributed by atoms with Crippen molar-refractivity contribution in [2.24, 2.45) is 0 Å². The molecule has 0 spiro atoms. The monoisotopic (exact) mass is 491 g/mol. The number of amides is 1. The first kappa shape index (κ1) is 23.7. The highest BCUT2D eigenvalue weighted by atomic mass is 32.2. The van der Waals surface area contributed by atoms with E-state index in [2.05, 4.69) is 13.8 Å². The van der Waals surface area contributed by atoms with Crippen molar-refractivity contribution in [3.05, 3.63) is 59.7 Å². The molecule has 178 valence electrons. The third-order valence-corrected chi connectivity index (χ3v) is 9.99. The van der Waals surface area contributed by atoms with Crippen molar-refractivity contribution in [3.63, 3.8) is 0 Å². The molecule has 0 N–H and O–H groups in total. The molecule has 0 bridgehead atoms. The van der Waals surface area contributed by atoms with E-state index in [-0.39, 0.29) is 29.6 Å². The van der Waals surface area contributed by atoms with Crippen molar-refractivity contribution in [1.29, 1.82) is 0 Å². The van der Waals surface area contributed by atoms with Crippen LogP contribution in [0, 0.1) is 0 Å². The largest absolute Gasteiger partial charge is 0.336 e. The van der Waals surface area contributed by atoms with E-state index < -0.39 is 20.0 Å². The number of piperazine rings is 1. The Morgan fingerprint density at radius 1 is 0.879 bits per heavy atom. The molecule has 33 heavy (non-hydrogen) atoms. The van der Waals surface area contributed by atoms with Gasteiger partial charge in [0.2, 0.25) is 20.0 Å². The van der Waals surface area contributed by atoms with Gasteiger partial charge in [0.15, 0.2) is 0 Å². The zero-order chi connectivity index (χ0) is 23.8. The third kappa shape index (κ3) is 4.78. The average molecular weight is 492 g/mol. The second kappa shape index (κ2) is 9.08. The van der Waals surface area contributed by atoms with E-state index in [1.165, 1.54) is 8.61 Å². The Morgan fingerprint density at radius 3 is 2.00 bits per heavy atom. The van der Waals surface area contributed by atoms with Gasteiger partial charge in [-0.05, 0) is 54.3 Å². The van der Waals surface area contributed by atoms with Crippen LogP contribution in [0.25, 0.3) is 0 Å². The summed E-state index contributed by atoms with van der Waals surface area (Å²) in [4.78, 5) is 14.8. The van der Waals surface area contributed by atoms with Crippen molar-refractivity contribution in [3.8, 4) is 0 Å². The standard InChI is InChI=1S/C23H29N3O5S2/c1-18(2)19-6-10-22(11-7-19)33(30,31)25-15-13-24(14-16-25)23(27)20-4-8-21(9-5-20)26-12-3-17-32(26,28)29/h4-11,18H,3,12-17H2,1-2H3. The van der Waals surface area contributed by atoms with E-state index >= 15 is 0 Å². The molecule has 0 unspecified atom stereocenters. The fraction of sp³-hybridized carbons (Fsp3) is 0.435. The van der Waals surface area contributed by atoms with E-state index in [0.717, 1.165) is 5.56 Å². The van der Waals surface area contributed by atoms with Crippen LogP contribution in [0.15, 0.2) is 53.4 Å². The minimum absolute atomic E-state index is 0.142. The van der Waals surface area contributed by atoms with Gasteiger partial charge in [-0.1, -0.05) is 26.0 Å². The number of carbonyl (C=O) groups excluding carboxylic acids is 1. The molecule has 0 saturated carbocycles. The molecule has 10 heteroatoms. The summed E-state index contributed by atoms with van der Waals surface area (Å²) >= 11 is 0. The summed E-state index contributed by atoms with van der Waals surface area (Å²) in [5.41, 5.74) is 2.09. The number of hydrogen-bond donors (Lipinski definition) is 0. The fourth-order valence-electron chi connectivity index (χ4n) is 4.19. The average Bonchev–Trinajstić information content (AvgIpc) is 3.17. The maximum Gasteiger partial charge on any atom is 0.253 e. The Labute approximate surface area is 195 Å². The minimum atomic E-state index is -3.61. The summed E-state index contributed by atoms with van der Waals surface area (Å²) < 4.78 is 53.0. The highest BCUT2D eigenvalue weighted by Gasteiger charge is 2.31. The molecule has 2 aromatic rings. The van der Waals surface area contributed by atoms with Crippen LogP contribution >= 0.6 is 0 Å². The predicted octanol–water partition coefficient (Wildman–Crippen LogP) is 2.50. The highest BCUT2D eigenvalue weighted by molar-refractivity contribution is 7.93. The van der Waals surface area contributed by atoms with Gasteiger partial charge >= 0.3 is 0 Å². The van der Waals surface area contributed by atoms with Gasteiger partial charge in [-0.25, -0.2) is 16.8 Å². The molecule has 2 fully saturated rings. The van der Waals surface area contributed by atoms with Gasteiger partial charge in [0.05, 0.1) is 16.3 Å². The minimum Gasteiger partial charge on any atom is -0.336 e. The van der Waals surface area contributed by atoms with E-state index in [9.17, 15) is 21.6 Å². The number of nitrogens with zero attached hydrogens (tertiary/aromatic N) is 3. The molecule has 2 aromatic carbocycles. The topological polar surface area (TPSA) is 95.1 Å². The maximum absolute atomic E-state index is 13.0. The molecule has 2 aliphatic heterocycles.